The first kappa shape index (κ1) is 25.0. The number of halogens is 4. The molecular formula is C23H20ClF3N4O3S. The summed E-state index contributed by atoms with van der Waals surface area (Å²) in [5, 5.41) is 2.42. The van der Waals surface area contributed by atoms with Gasteiger partial charge in [-0.1, -0.05) is 29.8 Å². The molecule has 12 heteroatoms. The molecule has 35 heavy (non-hydrogen) atoms. The topological polar surface area (TPSA) is 82.6 Å². The van der Waals surface area contributed by atoms with E-state index in [1.54, 1.807) is 35.2 Å². The van der Waals surface area contributed by atoms with Gasteiger partial charge in [-0.3, -0.25) is 4.79 Å². The maximum Gasteiger partial charge on any atom is 0.416 e. The summed E-state index contributed by atoms with van der Waals surface area (Å²) in [6.45, 7) is 0.416. The molecule has 1 fully saturated rings. The Labute approximate surface area is 205 Å². The summed E-state index contributed by atoms with van der Waals surface area (Å²) in [5.41, 5.74) is -0.00395. The Morgan fingerprint density at radius 3 is 2.17 bits per heavy atom. The van der Waals surface area contributed by atoms with E-state index in [1.807, 2.05) is 0 Å². The van der Waals surface area contributed by atoms with E-state index in [0.717, 1.165) is 12.1 Å². The van der Waals surface area contributed by atoms with Crippen LogP contribution in [0.2, 0.25) is 5.15 Å². The number of benzene rings is 2. The molecule has 4 rings (SSSR count). The molecular weight excluding hydrogens is 505 g/mol. The summed E-state index contributed by atoms with van der Waals surface area (Å²) >= 11 is 5.77. The second-order valence-electron chi connectivity index (χ2n) is 7.77. The highest BCUT2D eigenvalue weighted by Gasteiger charge is 2.33. The Hall–Kier alpha value is -3.15. The molecule has 3 aromatic rings. The highest BCUT2D eigenvalue weighted by molar-refractivity contribution is 7.89. The van der Waals surface area contributed by atoms with E-state index in [9.17, 15) is 26.4 Å². The minimum absolute atomic E-state index is 0.0420. The summed E-state index contributed by atoms with van der Waals surface area (Å²) in [7, 11) is -3.84. The highest BCUT2D eigenvalue weighted by atomic mass is 35.5. The van der Waals surface area contributed by atoms with Crippen LogP contribution in [0.3, 0.4) is 0 Å². The summed E-state index contributed by atoms with van der Waals surface area (Å²) in [6.07, 6.45) is -4.57. The maximum atomic E-state index is 13.1. The van der Waals surface area contributed by atoms with Crippen LogP contribution in [0.15, 0.2) is 71.6 Å². The number of nitrogens with zero attached hydrogens (tertiary/aromatic N) is 3. The molecule has 7 nitrogen and oxygen atoms in total. The van der Waals surface area contributed by atoms with Crippen LogP contribution in [0.4, 0.5) is 24.7 Å². The molecule has 1 N–H and O–H groups in total. The van der Waals surface area contributed by atoms with Crippen molar-refractivity contribution in [2.24, 2.45) is 0 Å². The predicted molar refractivity (Wildman–Crippen MR) is 126 cm³/mol. The van der Waals surface area contributed by atoms with Gasteiger partial charge in [0, 0.05) is 37.4 Å². The van der Waals surface area contributed by atoms with Gasteiger partial charge in [0.25, 0.3) is 5.91 Å². The van der Waals surface area contributed by atoms with Gasteiger partial charge < -0.3 is 10.2 Å². The third kappa shape index (κ3) is 5.75. The molecule has 0 aliphatic carbocycles. The number of sulfonamides is 1. The van der Waals surface area contributed by atoms with Crippen molar-refractivity contribution in [1.29, 1.82) is 0 Å². The maximum absolute atomic E-state index is 13.1. The molecule has 1 aliphatic heterocycles. The zero-order valence-electron chi connectivity index (χ0n) is 18.2. The van der Waals surface area contributed by atoms with E-state index in [2.05, 4.69) is 10.3 Å². The number of hydrogen-bond donors (Lipinski definition) is 1. The first-order chi connectivity index (χ1) is 16.5. The number of carbonyl (C=O) groups is 1. The molecule has 0 atom stereocenters. The number of aromatic nitrogens is 1. The third-order valence-corrected chi connectivity index (χ3v) is 7.56. The second-order valence-corrected chi connectivity index (χ2v) is 10.1. The highest BCUT2D eigenvalue weighted by Crippen LogP contribution is 2.33. The van der Waals surface area contributed by atoms with E-state index in [4.69, 9.17) is 11.6 Å². The van der Waals surface area contributed by atoms with Crippen LogP contribution in [0, 0.1) is 0 Å². The number of piperazine rings is 1. The first-order valence-electron chi connectivity index (χ1n) is 10.5. The van der Waals surface area contributed by atoms with Gasteiger partial charge in [-0.05, 0) is 48.5 Å². The minimum Gasteiger partial charge on any atom is -0.354 e. The molecule has 0 unspecified atom stereocenters. The molecule has 2 aromatic carbocycles. The Kier molecular flexibility index (Phi) is 7.02. The van der Waals surface area contributed by atoms with Crippen LogP contribution in [0.5, 0.6) is 0 Å². The standard InChI is InChI=1S/C23H20ClF3N4O3S/c24-20-14-17(23(25,26)27)15-21(29-20)30-10-12-31(13-11-30)35(33,34)19-8-6-18(7-9-19)28-22(32)16-4-2-1-3-5-16/h1-9,14-15H,10-13H2,(H,28,32). The van der Waals surface area contributed by atoms with Crippen molar-refractivity contribution in [3.05, 3.63) is 83.0 Å². The number of hydrogen-bond acceptors (Lipinski definition) is 5. The Bertz CT molecular complexity index is 1310. The number of alkyl halides is 3. The average Bonchev–Trinajstić information content (AvgIpc) is 2.84. The number of nitrogens with one attached hydrogen (secondary N) is 1. The van der Waals surface area contributed by atoms with Crippen molar-refractivity contribution in [1.82, 2.24) is 9.29 Å². The van der Waals surface area contributed by atoms with Gasteiger partial charge >= 0.3 is 6.18 Å². The summed E-state index contributed by atoms with van der Waals surface area (Å²) in [6, 6.07) is 16.0. The van der Waals surface area contributed by atoms with Gasteiger partial charge in [0.1, 0.15) is 11.0 Å². The molecule has 1 aromatic heterocycles. The fourth-order valence-corrected chi connectivity index (χ4v) is 5.24. The van der Waals surface area contributed by atoms with Gasteiger partial charge in [-0.25, -0.2) is 13.4 Å². The molecule has 0 saturated carbocycles. The van der Waals surface area contributed by atoms with Gasteiger partial charge in [-0.2, -0.15) is 17.5 Å². The Morgan fingerprint density at radius 1 is 0.943 bits per heavy atom. The molecule has 1 saturated heterocycles. The fraction of sp³-hybridized carbons (Fsp3) is 0.217. The van der Waals surface area contributed by atoms with Crippen LogP contribution in [-0.4, -0.2) is 49.8 Å². The molecule has 0 spiro atoms. The molecule has 1 aliphatic rings. The van der Waals surface area contributed by atoms with Crippen molar-refractivity contribution in [2.45, 2.75) is 11.1 Å². The lowest BCUT2D eigenvalue weighted by molar-refractivity contribution is -0.137. The van der Waals surface area contributed by atoms with Gasteiger partial charge in [0.15, 0.2) is 0 Å². The van der Waals surface area contributed by atoms with Crippen molar-refractivity contribution in [3.63, 3.8) is 0 Å². The van der Waals surface area contributed by atoms with E-state index in [-0.39, 0.29) is 48.0 Å². The van der Waals surface area contributed by atoms with E-state index < -0.39 is 21.8 Å². The molecule has 0 bridgehead atoms. The van der Waals surface area contributed by atoms with Gasteiger partial charge in [0.05, 0.1) is 10.5 Å². The lowest BCUT2D eigenvalue weighted by Crippen LogP contribution is -2.49. The fourth-order valence-electron chi connectivity index (χ4n) is 3.62. The first-order valence-corrected chi connectivity index (χ1v) is 12.3. The van der Waals surface area contributed by atoms with Crippen LogP contribution in [0.1, 0.15) is 15.9 Å². The van der Waals surface area contributed by atoms with E-state index in [0.29, 0.717) is 11.3 Å². The average molecular weight is 525 g/mol. The van der Waals surface area contributed by atoms with Crippen LogP contribution < -0.4 is 10.2 Å². The number of carbonyl (C=O) groups excluding carboxylic acids is 1. The van der Waals surface area contributed by atoms with Crippen molar-refractivity contribution < 1.29 is 26.4 Å². The normalized spacial score (nSPS) is 15.1. The summed E-state index contributed by atoms with van der Waals surface area (Å²) in [4.78, 5) is 17.8. The predicted octanol–water partition coefficient (Wildman–Crippen LogP) is 4.52. The van der Waals surface area contributed by atoms with Gasteiger partial charge in [0.2, 0.25) is 10.0 Å². The summed E-state index contributed by atoms with van der Waals surface area (Å²) in [5.74, 6) is -0.277. The van der Waals surface area contributed by atoms with Crippen molar-refractivity contribution in [2.75, 3.05) is 36.4 Å². The lowest BCUT2D eigenvalue weighted by atomic mass is 10.2. The van der Waals surface area contributed by atoms with E-state index >= 15 is 0 Å². The van der Waals surface area contributed by atoms with Gasteiger partial charge in [-0.15, -0.1) is 0 Å². The van der Waals surface area contributed by atoms with Crippen molar-refractivity contribution >= 4 is 39.0 Å². The van der Waals surface area contributed by atoms with Crippen LogP contribution in [0.25, 0.3) is 0 Å². The Balaban J connectivity index is 1.42. The minimum atomic E-state index is -4.57. The molecule has 0 radical (unpaired) electrons. The lowest BCUT2D eigenvalue weighted by Gasteiger charge is -2.35. The molecule has 2 heterocycles. The second kappa shape index (κ2) is 9.84. The number of anilines is 2. The summed E-state index contributed by atoms with van der Waals surface area (Å²) < 4.78 is 66.6. The largest absolute Gasteiger partial charge is 0.416 e. The molecule has 184 valence electrons. The third-order valence-electron chi connectivity index (χ3n) is 5.46. The van der Waals surface area contributed by atoms with Crippen LogP contribution in [-0.2, 0) is 16.2 Å². The number of rotatable bonds is 5. The smallest absolute Gasteiger partial charge is 0.354 e. The Morgan fingerprint density at radius 2 is 1.57 bits per heavy atom. The number of amides is 1. The quantitative estimate of drug-likeness (QED) is 0.496. The van der Waals surface area contributed by atoms with E-state index in [1.165, 1.54) is 28.6 Å². The number of pyridine rings is 1. The van der Waals surface area contributed by atoms with Crippen molar-refractivity contribution in [3.8, 4) is 0 Å². The van der Waals surface area contributed by atoms with Crippen LogP contribution >= 0.6 is 11.6 Å². The molecule has 1 amide bonds. The zero-order valence-corrected chi connectivity index (χ0v) is 19.7. The SMILES string of the molecule is O=C(Nc1ccc(S(=O)(=O)N2CCN(c3cc(C(F)(F)F)cc(Cl)n3)CC2)cc1)c1ccccc1. The monoisotopic (exact) mass is 524 g/mol. The zero-order chi connectivity index (χ0) is 25.2.